The van der Waals surface area contributed by atoms with Crippen LogP contribution in [0.15, 0.2) is 42.5 Å². The Morgan fingerprint density at radius 3 is 2.23 bits per heavy atom. The summed E-state index contributed by atoms with van der Waals surface area (Å²) < 4.78 is 17.5. The van der Waals surface area contributed by atoms with Crippen molar-refractivity contribution >= 4 is 12.0 Å². The van der Waals surface area contributed by atoms with Gasteiger partial charge < -0.3 is 40.0 Å². The fourth-order valence-corrected chi connectivity index (χ4v) is 5.73. The first-order valence-corrected chi connectivity index (χ1v) is 15.5. The zero-order chi connectivity index (χ0) is 32.2. The van der Waals surface area contributed by atoms with E-state index in [9.17, 15) is 19.8 Å². The molecule has 2 aliphatic heterocycles. The van der Waals surface area contributed by atoms with Crippen molar-refractivity contribution in [1.29, 1.82) is 0 Å². The number of carbonyl (C=O) groups is 2. The lowest BCUT2D eigenvalue weighted by Gasteiger charge is -2.35. The molecule has 10 heteroatoms. The first kappa shape index (κ1) is 33.7. The van der Waals surface area contributed by atoms with Crippen LogP contribution in [0, 0.1) is 0 Å². The summed E-state index contributed by atoms with van der Waals surface area (Å²) in [6, 6.07) is 13.1. The van der Waals surface area contributed by atoms with E-state index in [0.29, 0.717) is 36.9 Å². The van der Waals surface area contributed by atoms with Crippen molar-refractivity contribution in [2.45, 2.75) is 116 Å². The van der Waals surface area contributed by atoms with Crippen LogP contribution in [-0.2, 0) is 22.6 Å². The highest BCUT2D eigenvalue weighted by molar-refractivity contribution is 5.99. The van der Waals surface area contributed by atoms with Gasteiger partial charge in [-0.1, -0.05) is 30.3 Å². The summed E-state index contributed by atoms with van der Waals surface area (Å²) >= 11 is 0. The number of nitrogens with zero attached hydrogens (tertiary/aromatic N) is 2. The molecule has 242 valence electrons. The van der Waals surface area contributed by atoms with Crippen molar-refractivity contribution in [2.24, 2.45) is 5.73 Å². The summed E-state index contributed by atoms with van der Waals surface area (Å²) in [6.07, 6.45) is -0.309. The number of aliphatic hydroxyl groups is 2. The third-order valence-electron chi connectivity index (χ3n) is 7.91. The van der Waals surface area contributed by atoms with Gasteiger partial charge in [0.2, 0.25) is 0 Å². The van der Waals surface area contributed by atoms with Crippen LogP contribution in [0.5, 0.6) is 5.75 Å². The van der Waals surface area contributed by atoms with E-state index in [1.807, 2.05) is 47.6 Å². The van der Waals surface area contributed by atoms with Crippen LogP contribution >= 0.6 is 0 Å². The van der Waals surface area contributed by atoms with Crippen LogP contribution in [0.3, 0.4) is 0 Å². The predicted molar refractivity (Wildman–Crippen MR) is 167 cm³/mol. The Hall–Kier alpha value is -3.18. The molecule has 0 spiro atoms. The number of likely N-dealkylation sites (tertiary alicyclic amines) is 1. The monoisotopic (exact) mass is 611 g/mol. The van der Waals surface area contributed by atoms with E-state index in [1.165, 1.54) is 5.56 Å². The molecule has 0 aromatic heterocycles. The van der Waals surface area contributed by atoms with Crippen LogP contribution in [0.1, 0.15) is 100 Å². The van der Waals surface area contributed by atoms with Crippen molar-refractivity contribution in [3.63, 3.8) is 0 Å². The quantitative estimate of drug-likeness (QED) is 0.323. The average molecular weight is 612 g/mol. The second-order valence-corrected chi connectivity index (χ2v) is 13.8. The Bertz CT molecular complexity index is 1280. The molecule has 3 atom stereocenters. The van der Waals surface area contributed by atoms with Crippen molar-refractivity contribution < 1.29 is 34.0 Å². The summed E-state index contributed by atoms with van der Waals surface area (Å²) in [5.74, 6) is 0.769. The topological polar surface area (TPSA) is 135 Å². The molecule has 2 heterocycles. The van der Waals surface area contributed by atoms with Crippen LogP contribution in [0.2, 0.25) is 0 Å². The molecule has 2 aromatic carbocycles. The van der Waals surface area contributed by atoms with Gasteiger partial charge in [-0.05, 0) is 96.4 Å². The Kier molecular flexibility index (Phi) is 10.6. The van der Waals surface area contributed by atoms with Gasteiger partial charge in [0.15, 0.2) is 6.29 Å². The standard InChI is InChI=1S/C34H49N3O7/c1-33(2,3)43-31(40)27(14-15-29(35)38)37-20-26-25(30(37)39)8-7-9-28(26)42-21-22-10-12-23(13-11-22)24-16-18-36(19-17-24)32(41)44-34(4,5)6/h7-13,24,27,29,31,38,40H,14-21,35H2,1-6H3. The molecule has 0 radical (unpaired) electrons. The van der Waals surface area contributed by atoms with E-state index >= 15 is 0 Å². The normalized spacial score (nSPS) is 18.2. The molecular weight excluding hydrogens is 562 g/mol. The van der Waals surface area contributed by atoms with E-state index in [1.54, 1.807) is 21.9 Å². The number of fused-ring (bicyclic) bond motifs is 1. The maximum atomic E-state index is 13.5. The molecule has 2 amide bonds. The molecule has 0 bridgehead atoms. The van der Waals surface area contributed by atoms with Crippen LogP contribution < -0.4 is 10.5 Å². The van der Waals surface area contributed by atoms with Gasteiger partial charge in [-0.15, -0.1) is 0 Å². The molecular formula is C34H49N3O7. The lowest BCUT2D eigenvalue weighted by atomic mass is 9.89. The number of amides is 2. The Balaban J connectivity index is 1.37. The van der Waals surface area contributed by atoms with E-state index in [4.69, 9.17) is 19.9 Å². The molecule has 44 heavy (non-hydrogen) atoms. The molecule has 10 nitrogen and oxygen atoms in total. The van der Waals surface area contributed by atoms with E-state index in [-0.39, 0.29) is 31.4 Å². The summed E-state index contributed by atoms with van der Waals surface area (Å²) in [5.41, 5.74) is 7.98. The lowest BCUT2D eigenvalue weighted by molar-refractivity contribution is -0.194. The maximum Gasteiger partial charge on any atom is 0.410 e. The largest absolute Gasteiger partial charge is 0.489 e. The second-order valence-electron chi connectivity index (χ2n) is 13.8. The Morgan fingerprint density at radius 1 is 0.977 bits per heavy atom. The van der Waals surface area contributed by atoms with Crippen molar-refractivity contribution in [2.75, 3.05) is 13.1 Å². The van der Waals surface area contributed by atoms with E-state index in [2.05, 4.69) is 24.3 Å². The van der Waals surface area contributed by atoms with Crippen molar-refractivity contribution in [1.82, 2.24) is 9.80 Å². The Morgan fingerprint density at radius 2 is 1.64 bits per heavy atom. The summed E-state index contributed by atoms with van der Waals surface area (Å²) in [4.78, 5) is 29.2. The molecule has 2 aromatic rings. The third kappa shape index (κ3) is 8.94. The minimum Gasteiger partial charge on any atom is -0.489 e. The first-order chi connectivity index (χ1) is 20.6. The first-order valence-electron chi connectivity index (χ1n) is 15.5. The van der Waals surface area contributed by atoms with Gasteiger partial charge in [-0.3, -0.25) is 4.79 Å². The lowest BCUT2D eigenvalue weighted by Crippen LogP contribution is -2.48. The van der Waals surface area contributed by atoms with Gasteiger partial charge in [0.05, 0.1) is 18.2 Å². The number of hydrogen-bond donors (Lipinski definition) is 3. The molecule has 0 aliphatic carbocycles. The minimum atomic E-state index is -1.25. The third-order valence-corrected chi connectivity index (χ3v) is 7.91. The second kappa shape index (κ2) is 13.9. The highest BCUT2D eigenvalue weighted by Gasteiger charge is 2.39. The summed E-state index contributed by atoms with van der Waals surface area (Å²) in [6.45, 7) is 13.1. The number of aliphatic hydroxyl groups excluding tert-OH is 2. The fourth-order valence-electron chi connectivity index (χ4n) is 5.73. The molecule has 4 rings (SSSR count). The number of hydrogen-bond acceptors (Lipinski definition) is 8. The SMILES string of the molecule is CC(C)(C)OC(=O)N1CCC(c2ccc(COc3cccc4c3CN(C(CCC(N)O)C(O)OC(C)(C)C)C4=O)cc2)CC1. The predicted octanol–water partition coefficient (Wildman–Crippen LogP) is 4.90. The van der Waals surface area contributed by atoms with Gasteiger partial charge in [-0.2, -0.15) is 0 Å². The van der Waals surface area contributed by atoms with Crippen molar-refractivity contribution in [3.8, 4) is 5.75 Å². The molecule has 4 N–H and O–H groups in total. The zero-order valence-electron chi connectivity index (χ0n) is 26.9. The summed E-state index contributed by atoms with van der Waals surface area (Å²) in [5, 5.41) is 20.6. The number of rotatable bonds is 10. The van der Waals surface area contributed by atoms with Gasteiger partial charge in [0.1, 0.15) is 24.2 Å². The van der Waals surface area contributed by atoms with Crippen molar-refractivity contribution in [3.05, 3.63) is 64.7 Å². The molecule has 1 fully saturated rings. The highest BCUT2D eigenvalue weighted by Crippen LogP contribution is 2.35. The van der Waals surface area contributed by atoms with E-state index in [0.717, 1.165) is 24.0 Å². The van der Waals surface area contributed by atoms with Crippen LogP contribution in [0.4, 0.5) is 4.79 Å². The highest BCUT2D eigenvalue weighted by atomic mass is 16.6. The van der Waals surface area contributed by atoms with Crippen LogP contribution in [0.25, 0.3) is 0 Å². The summed E-state index contributed by atoms with van der Waals surface area (Å²) in [7, 11) is 0. The van der Waals surface area contributed by atoms with Gasteiger partial charge >= 0.3 is 6.09 Å². The number of ether oxygens (including phenoxy) is 3. The van der Waals surface area contributed by atoms with Crippen LogP contribution in [-0.4, -0.2) is 74.9 Å². The maximum absolute atomic E-state index is 13.5. The van der Waals surface area contributed by atoms with Gasteiger partial charge in [-0.25, -0.2) is 4.79 Å². The molecule has 1 saturated heterocycles. The van der Waals surface area contributed by atoms with E-state index < -0.39 is 29.8 Å². The minimum absolute atomic E-state index is 0.206. The van der Waals surface area contributed by atoms with Gasteiger partial charge in [0.25, 0.3) is 5.91 Å². The molecule has 3 unspecified atom stereocenters. The molecule has 0 saturated carbocycles. The molecule has 2 aliphatic rings. The zero-order valence-corrected chi connectivity index (χ0v) is 26.9. The number of carbonyl (C=O) groups excluding carboxylic acids is 2. The number of nitrogens with two attached hydrogens (primary N) is 1. The fraction of sp³-hybridized carbons (Fsp3) is 0.588. The number of benzene rings is 2. The Labute approximate surface area is 261 Å². The van der Waals surface area contributed by atoms with Gasteiger partial charge in [0, 0.05) is 24.2 Å². The average Bonchev–Trinajstić information content (AvgIpc) is 3.27. The smallest absolute Gasteiger partial charge is 0.410 e. The number of piperidine rings is 1.